The van der Waals surface area contributed by atoms with Gasteiger partial charge in [0.2, 0.25) is 11.9 Å². The molecule has 0 bridgehead atoms. The minimum absolute atomic E-state index is 0.112. The molecule has 20 heavy (non-hydrogen) atoms. The predicted molar refractivity (Wildman–Crippen MR) is 74.9 cm³/mol. The number of hydrogen-bond acceptors (Lipinski definition) is 3. The second-order valence-corrected chi connectivity index (χ2v) is 6.17. The van der Waals surface area contributed by atoms with E-state index in [4.69, 9.17) is 0 Å². The lowest BCUT2D eigenvalue weighted by Crippen LogP contribution is -2.55. The van der Waals surface area contributed by atoms with Crippen molar-refractivity contribution in [3.63, 3.8) is 0 Å². The van der Waals surface area contributed by atoms with Crippen LogP contribution in [-0.2, 0) is 4.79 Å². The lowest BCUT2D eigenvalue weighted by molar-refractivity contribution is -0.137. The maximum Gasteiger partial charge on any atom is 0.228 e. The van der Waals surface area contributed by atoms with E-state index in [1.54, 1.807) is 6.07 Å². The summed E-state index contributed by atoms with van der Waals surface area (Å²) < 4.78 is 13.2. The summed E-state index contributed by atoms with van der Waals surface area (Å²) in [4.78, 5) is 20.3. The third-order valence-corrected chi connectivity index (χ3v) is 4.43. The van der Waals surface area contributed by atoms with Crippen LogP contribution in [0.1, 0.15) is 26.7 Å². The van der Waals surface area contributed by atoms with Gasteiger partial charge in [0.25, 0.3) is 0 Å². The van der Waals surface area contributed by atoms with E-state index >= 15 is 0 Å². The van der Waals surface area contributed by atoms with Crippen LogP contribution in [0.25, 0.3) is 0 Å². The molecule has 1 saturated heterocycles. The van der Waals surface area contributed by atoms with E-state index in [9.17, 15) is 9.18 Å². The van der Waals surface area contributed by atoms with E-state index in [0.29, 0.717) is 25.5 Å². The van der Waals surface area contributed by atoms with Gasteiger partial charge in [0.1, 0.15) is 5.82 Å². The fourth-order valence-electron chi connectivity index (χ4n) is 2.82. The van der Waals surface area contributed by atoms with Gasteiger partial charge in [-0.2, -0.15) is 4.39 Å². The number of rotatable bonds is 2. The first kappa shape index (κ1) is 13.3. The number of carbonyl (C=O) groups is 1. The molecule has 5 heteroatoms. The van der Waals surface area contributed by atoms with Crippen LogP contribution in [0.3, 0.4) is 0 Å². The Morgan fingerprint density at radius 3 is 2.75 bits per heavy atom. The van der Waals surface area contributed by atoms with Crippen LogP contribution in [-0.4, -0.2) is 41.5 Å². The van der Waals surface area contributed by atoms with Gasteiger partial charge in [0.15, 0.2) is 0 Å². The predicted octanol–water partition coefficient (Wildman–Crippen LogP) is 2.06. The van der Waals surface area contributed by atoms with Crippen LogP contribution in [0.4, 0.5) is 10.2 Å². The number of halogens is 1. The molecule has 0 spiro atoms. The van der Waals surface area contributed by atoms with Crippen molar-refractivity contribution in [2.24, 2.45) is 5.41 Å². The number of piperazine rings is 1. The fraction of sp³-hybridized carbons (Fsp3) is 0.600. The first-order chi connectivity index (χ1) is 9.49. The molecular formula is C15H20FN3O. The summed E-state index contributed by atoms with van der Waals surface area (Å²) >= 11 is 0. The van der Waals surface area contributed by atoms with Crippen molar-refractivity contribution < 1.29 is 9.18 Å². The first-order valence-corrected chi connectivity index (χ1v) is 7.18. The van der Waals surface area contributed by atoms with Crippen LogP contribution < -0.4 is 4.90 Å². The molecule has 1 unspecified atom stereocenters. The molecule has 0 N–H and O–H groups in total. The fourth-order valence-corrected chi connectivity index (χ4v) is 2.82. The van der Waals surface area contributed by atoms with Crippen LogP contribution in [0.15, 0.2) is 18.2 Å². The zero-order valence-electron chi connectivity index (χ0n) is 12.0. The molecule has 2 fully saturated rings. The van der Waals surface area contributed by atoms with Crippen molar-refractivity contribution in [3.05, 3.63) is 24.1 Å². The summed E-state index contributed by atoms with van der Waals surface area (Å²) in [5.74, 6) is 0.470. The van der Waals surface area contributed by atoms with Crippen LogP contribution in [0, 0.1) is 11.4 Å². The van der Waals surface area contributed by atoms with E-state index in [0.717, 1.165) is 12.8 Å². The Morgan fingerprint density at radius 2 is 2.15 bits per heavy atom. The van der Waals surface area contributed by atoms with E-state index in [-0.39, 0.29) is 17.4 Å². The minimum Gasteiger partial charge on any atom is -0.350 e. The molecule has 1 aliphatic carbocycles. The molecule has 1 aromatic rings. The topological polar surface area (TPSA) is 36.4 Å². The van der Waals surface area contributed by atoms with Gasteiger partial charge in [-0.25, -0.2) is 4.98 Å². The Balaban J connectivity index is 1.69. The van der Waals surface area contributed by atoms with Crippen LogP contribution >= 0.6 is 0 Å². The molecule has 1 atom stereocenters. The Morgan fingerprint density at radius 1 is 1.40 bits per heavy atom. The maximum absolute atomic E-state index is 13.2. The molecule has 3 rings (SSSR count). The highest BCUT2D eigenvalue weighted by atomic mass is 19.1. The monoisotopic (exact) mass is 277 g/mol. The smallest absolute Gasteiger partial charge is 0.228 e. The zero-order chi connectivity index (χ0) is 14.3. The van der Waals surface area contributed by atoms with Crippen LogP contribution in [0.2, 0.25) is 0 Å². The molecular weight excluding hydrogens is 257 g/mol. The van der Waals surface area contributed by atoms with Crippen molar-refractivity contribution >= 4 is 11.7 Å². The Bertz CT molecular complexity index is 530. The van der Waals surface area contributed by atoms with Gasteiger partial charge in [0.05, 0.1) is 0 Å². The second-order valence-electron chi connectivity index (χ2n) is 6.17. The van der Waals surface area contributed by atoms with Crippen molar-refractivity contribution in [1.82, 2.24) is 9.88 Å². The summed E-state index contributed by atoms with van der Waals surface area (Å²) in [5, 5.41) is 0. The molecule has 2 heterocycles. The van der Waals surface area contributed by atoms with Crippen molar-refractivity contribution in [2.75, 3.05) is 24.5 Å². The first-order valence-electron chi connectivity index (χ1n) is 7.18. The highest BCUT2D eigenvalue weighted by molar-refractivity contribution is 5.85. The number of carbonyl (C=O) groups excluding carboxylic acids is 1. The Labute approximate surface area is 118 Å². The van der Waals surface area contributed by atoms with E-state index < -0.39 is 5.95 Å². The molecule has 1 aromatic heterocycles. The summed E-state index contributed by atoms with van der Waals surface area (Å²) in [7, 11) is 0. The molecule has 0 radical (unpaired) electrons. The van der Waals surface area contributed by atoms with Gasteiger partial charge in [-0.15, -0.1) is 0 Å². The molecule has 0 aromatic carbocycles. The van der Waals surface area contributed by atoms with Crippen molar-refractivity contribution in [1.29, 1.82) is 0 Å². The molecule has 2 aliphatic rings. The largest absolute Gasteiger partial charge is 0.350 e. The van der Waals surface area contributed by atoms with Gasteiger partial charge < -0.3 is 9.80 Å². The summed E-state index contributed by atoms with van der Waals surface area (Å²) in [6.45, 7) is 6.19. The standard InChI is InChI=1S/C15H20FN3O/c1-11-10-18(14(20)15(2)6-7-15)8-9-19(11)13-5-3-4-12(16)17-13/h3-5,11H,6-10H2,1-2H3. The van der Waals surface area contributed by atoms with E-state index in [1.165, 1.54) is 6.07 Å². The zero-order valence-corrected chi connectivity index (χ0v) is 12.0. The third-order valence-electron chi connectivity index (χ3n) is 4.43. The second kappa shape index (κ2) is 4.72. The van der Waals surface area contributed by atoms with Gasteiger partial charge in [-0.1, -0.05) is 13.0 Å². The molecule has 108 valence electrons. The SMILES string of the molecule is CC1CN(C(=O)C2(C)CC2)CCN1c1cccc(F)n1. The van der Waals surface area contributed by atoms with Crippen molar-refractivity contribution in [2.45, 2.75) is 32.7 Å². The number of hydrogen-bond donors (Lipinski definition) is 0. The number of amides is 1. The quantitative estimate of drug-likeness (QED) is 0.776. The molecule has 1 saturated carbocycles. The normalized spacial score (nSPS) is 24.6. The third kappa shape index (κ3) is 2.37. The lowest BCUT2D eigenvalue weighted by Gasteiger charge is -2.41. The number of aromatic nitrogens is 1. The molecule has 1 aliphatic heterocycles. The highest BCUT2D eigenvalue weighted by Crippen LogP contribution is 2.46. The molecule has 1 amide bonds. The Hall–Kier alpha value is -1.65. The number of anilines is 1. The van der Waals surface area contributed by atoms with Gasteiger partial charge >= 0.3 is 0 Å². The van der Waals surface area contributed by atoms with Gasteiger partial charge in [-0.3, -0.25) is 4.79 Å². The van der Waals surface area contributed by atoms with Gasteiger partial charge in [0, 0.05) is 31.1 Å². The summed E-state index contributed by atoms with van der Waals surface area (Å²) in [6.07, 6.45) is 2.01. The van der Waals surface area contributed by atoms with Crippen molar-refractivity contribution in [3.8, 4) is 0 Å². The Kier molecular flexibility index (Phi) is 3.15. The molecule has 4 nitrogen and oxygen atoms in total. The summed E-state index contributed by atoms with van der Waals surface area (Å²) in [5.41, 5.74) is -0.112. The summed E-state index contributed by atoms with van der Waals surface area (Å²) in [6, 6.07) is 5.00. The van der Waals surface area contributed by atoms with Gasteiger partial charge in [-0.05, 0) is 31.9 Å². The average molecular weight is 277 g/mol. The average Bonchev–Trinajstić information content (AvgIpc) is 3.17. The van der Waals surface area contributed by atoms with E-state index in [1.807, 2.05) is 17.9 Å². The van der Waals surface area contributed by atoms with E-state index in [2.05, 4.69) is 16.8 Å². The number of nitrogens with zero attached hydrogens (tertiary/aromatic N) is 3. The highest BCUT2D eigenvalue weighted by Gasteiger charge is 2.47. The lowest BCUT2D eigenvalue weighted by atomic mass is 10.1. The minimum atomic E-state index is -0.460. The van der Waals surface area contributed by atoms with Crippen LogP contribution in [0.5, 0.6) is 0 Å². The number of pyridine rings is 1. The maximum atomic E-state index is 13.2.